The number of hydrogen-bond acceptors (Lipinski definition) is 5. The molecule has 2 nitrogen and oxygen atoms in total. The van der Waals surface area contributed by atoms with Crippen LogP contribution in [0.3, 0.4) is 0 Å². The van der Waals surface area contributed by atoms with Crippen molar-refractivity contribution in [2.45, 2.75) is 53.4 Å². The predicted octanol–water partition coefficient (Wildman–Crippen LogP) is 3.92. The Morgan fingerprint density at radius 3 is 1.36 bits per heavy atom. The van der Waals surface area contributed by atoms with Crippen molar-refractivity contribution >= 4 is 58.2 Å². The van der Waals surface area contributed by atoms with E-state index in [9.17, 15) is 0 Å². The first-order valence-corrected chi connectivity index (χ1v) is 9.44. The summed E-state index contributed by atoms with van der Waals surface area (Å²) < 4.78 is 1.30. The van der Waals surface area contributed by atoms with Crippen molar-refractivity contribution in [3.8, 4) is 0 Å². The Morgan fingerprint density at radius 1 is 0.773 bits per heavy atom. The van der Waals surface area contributed by atoms with Crippen molar-refractivity contribution < 1.29 is 19.5 Å². The molecule has 0 unspecified atom stereocenters. The van der Waals surface area contributed by atoms with Crippen LogP contribution in [0.15, 0.2) is 0 Å². The van der Waals surface area contributed by atoms with Crippen molar-refractivity contribution in [3.63, 3.8) is 0 Å². The van der Waals surface area contributed by atoms with E-state index in [-0.39, 0.29) is 19.5 Å². The van der Waals surface area contributed by atoms with Crippen LogP contribution in [-0.4, -0.2) is 51.0 Å². The van der Waals surface area contributed by atoms with Gasteiger partial charge in [0.15, 0.2) is 0 Å². The number of rotatable bonds is 10. The predicted molar refractivity (Wildman–Crippen MR) is 109 cm³/mol. The van der Waals surface area contributed by atoms with Gasteiger partial charge in [0.25, 0.3) is 0 Å². The minimum absolute atomic E-state index is 0. The van der Waals surface area contributed by atoms with Crippen molar-refractivity contribution in [2.75, 3.05) is 32.7 Å². The summed E-state index contributed by atoms with van der Waals surface area (Å²) in [6.07, 6.45) is 4.60. The van der Waals surface area contributed by atoms with Gasteiger partial charge in [-0.05, 0) is 38.8 Å². The van der Waals surface area contributed by atoms with E-state index in [1.54, 1.807) is 0 Å². The van der Waals surface area contributed by atoms with E-state index < -0.39 is 0 Å². The van der Waals surface area contributed by atoms with Crippen molar-refractivity contribution in [2.24, 2.45) is 0 Å². The molecule has 0 aliphatic rings. The molecule has 0 aromatic rings. The van der Waals surface area contributed by atoms with E-state index in [0.29, 0.717) is 8.52 Å². The molecule has 0 N–H and O–H groups in total. The van der Waals surface area contributed by atoms with Crippen LogP contribution in [-0.2, 0) is 44.7 Å². The summed E-state index contributed by atoms with van der Waals surface area (Å²) in [4.78, 5) is 4.39. The third-order valence-electron chi connectivity index (χ3n) is 2.68. The Hall–Kier alpha value is 1.00. The molecule has 0 saturated heterocycles. The van der Waals surface area contributed by atoms with E-state index >= 15 is 0 Å². The number of thiocarbonyl (C=S) groups is 2. The molecule has 22 heavy (non-hydrogen) atoms. The molecule has 0 heterocycles. The fraction of sp³-hybridized carbons (Fsp3) is 0.867. The van der Waals surface area contributed by atoms with Crippen LogP contribution >= 0.6 is 24.4 Å². The topological polar surface area (TPSA) is 6.48 Å². The zero-order valence-corrected chi connectivity index (χ0v) is 20.8. The van der Waals surface area contributed by atoms with Crippen LogP contribution in [0.1, 0.15) is 53.4 Å². The first-order valence-electron chi connectivity index (χ1n) is 7.80. The smallest absolute Gasteiger partial charge is 0.432 e. The second-order valence-corrected chi connectivity index (χ2v) is 7.18. The molecule has 0 atom stereocenters. The summed E-state index contributed by atoms with van der Waals surface area (Å²) >= 11 is 19.5. The van der Waals surface area contributed by atoms with Crippen LogP contribution in [0.25, 0.3) is 0 Å². The summed E-state index contributed by atoms with van der Waals surface area (Å²) in [6.45, 7) is 13.7. The number of nitrogens with zero attached hydrogens (tertiary/aromatic N) is 2. The minimum atomic E-state index is 0. The Labute approximate surface area is 172 Å². The van der Waals surface area contributed by atoms with Gasteiger partial charge in [-0.1, -0.05) is 32.0 Å². The fourth-order valence-electron chi connectivity index (χ4n) is 1.92. The average Bonchev–Trinajstić information content (AvgIpc) is 2.39. The minimum Gasteiger partial charge on any atom is -0.432 e. The molecule has 126 valence electrons. The Morgan fingerprint density at radius 2 is 1.14 bits per heavy atom. The van der Waals surface area contributed by atoms with Crippen LogP contribution < -0.4 is 0 Å². The fourth-order valence-corrected chi connectivity index (χ4v) is 2.65. The summed E-state index contributed by atoms with van der Waals surface area (Å²) in [5.74, 6) is 0. The molecule has 0 aromatic carbocycles. The maximum Gasteiger partial charge on any atom is 2.00 e. The van der Waals surface area contributed by atoms with Crippen molar-refractivity contribution in [3.05, 3.63) is 0 Å². The molecule has 0 saturated carbocycles. The van der Waals surface area contributed by atoms with Gasteiger partial charge in [0.1, 0.15) is 0 Å². The Kier molecular flexibility index (Phi) is 25.4. The van der Waals surface area contributed by atoms with Crippen molar-refractivity contribution in [1.29, 1.82) is 0 Å². The maximum absolute atomic E-state index is 4.89. The quantitative estimate of drug-likeness (QED) is 0.291. The molecule has 0 bridgehead atoms. The van der Waals surface area contributed by atoms with Crippen LogP contribution in [0.4, 0.5) is 0 Å². The van der Waals surface area contributed by atoms with E-state index in [1.165, 1.54) is 12.8 Å². The van der Waals surface area contributed by atoms with Gasteiger partial charge in [-0.2, -0.15) is 0 Å². The molecule has 0 aliphatic heterocycles. The van der Waals surface area contributed by atoms with Gasteiger partial charge in [0.2, 0.25) is 0 Å². The first kappa shape index (κ1) is 27.8. The SMILES string of the molecule is CCCN(CCC)C(=S)[S-].CCCN(CCC)CC(=S)[S-].[Zn+2]. The van der Waals surface area contributed by atoms with Crippen LogP contribution in [0.2, 0.25) is 0 Å². The molecular weight excluding hydrogens is 402 g/mol. The third kappa shape index (κ3) is 19.1. The maximum atomic E-state index is 4.89. The molecular formula is C15H30N2S4Zn. The average molecular weight is 432 g/mol. The monoisotopic (exact) mass is 430 g/mol. The van der Waals surface area contributed by atoms with Crippen LogP contribution in [0.5, 0.6) is 0 Å². The van der Waals surface area contributed by atoms with Gasteiger partial charge in [0.05, 0.1) is 0 Å². The van der Waals surface area contributed by atoms with Gasteiger partial charge in [0, 0.05) is 19.6 Å². The zero-order chi connectivity index (χ0) is 16.7. The van der Waals surface area contributed by atoms with Gasteiger partial charge < -0.3 is 59.5 Å². The molecule has 0 aliphatic carbocycles. The second-order valence-electron chi connectivity index (χ2n) is 4.90. The Balaban J connectivity index is -0.000000315. The second kappa shape index (κ2) is 20.0. The van der Waals surface area contributed by atoms with Crippen LogP contribution in [0, 0.1) is 0 Å². The molecule has 7 heteroatoms. The molecule has 0 fully saturated rings. The van der Waals surface area contributed by atoms with E-state index in [1.807, 2.05) is 0 Å². The normalized spacial score (nSPS) is 9.50. The molecule has 0 spiro atoms. The van der Waals surface area contributed by atoms with E-state index in [0.717, 1.165) is 45.6 Å². The summed E-state index contributed by atoms with van der Waals surface area (Å²) in [7, 11) is 0. The standard InChI is InChI=1S/C8H17NS2.C7H15NS2.Zn/c1-3-5-9(6-4-2)7-8(10)11;1-3-5-8(6-4-2)7(9)10;/h3-7H2,1-2H3,(H,10,11);3-6H2,1-2H3,(H,9,10);/q;;+2/p-2. The number of hydrogen-bond donors (Lipinski definition) is 0. The Bertz CT molecular complexity index is 266. The van der Waals surface area contributed by atoms with E-state index in [4.69, 9.17) is 49.7 Å². The van der Waals surface area contributed by atoms with Gasteiger partial charge in [-0.3, -0.25) is 0 Å². The summed E-state index contributed by atoms with van der Waals surface area (Å²) in [6, 6.07) is 0. The third-order valence-corrected chi connectivity index (χ3v) is 3.45. The van der Waals surface area contributed by atoms with Crippen molar-refractivity contribution in [1.82, 2.24) is 9.80 Å². The largest absolute Gasteiger partial charge is 2.00 e. The molecule has 0 aromatic heterocycles. The molecule has 0 rings (SSSR count). The zero-order valence-electron chi connectivity index (χ0n) is 14.6. The van der Waals surface area contributed by atoms with Gasteiger partial charge in [-0.25, -0.2) is 0 Å². The van der Waals surface area contributed by atoms with Gasteiger partial charge in [-0.15, -0.1) is 4.20 Å². The summed E-state index contributed by atoms with van der Waals surface area (Å²) in [5, 5.41) is 0. The van der Waals surface area contributed by atoms with Gasteiger partial charge >= 0.3 is 19.5 Å². The molecule has 0 amide bonds. The van der Waals surface area contributed by atoms with E-state index in [2.05, 4.69) is 37.5 Å². The first-order chi connectivity index (χ1) is 9.92. The molecule has 0 radical (unpaired) electrons. The summed E-state index contributed by atoms with van der Waals surface area (Å²) in [5.41, 5.74) is 0.